The Balaban J connectivity index is 2.05. The van der Waals surface area contributed by atoms with Gasteiger partial charge in [0.25, 0.3) is 22.5 Å². The van der Waals surface area contributed by atoms with Crippen molar-refractivity contribution in [3.8, 4) is 0 Å². The molecule has 120 valence electrons. The van der Waals surface area contributed by atoms with Crippen LogP contribution in [-0.2, 0) is 0 Å². The zero-order valence-corrected chi connectivity index (χ0v) is 12.8. The number of benzene rings is 2. The SMILES string of the molecule is Cc1c(C(=O)/C=C\c2ccc(F)cc2)[n+]([O-])c2ccccc2[n+]1[O-]. The van der Waals surface area contributed by atoms with Crippen LogP contribution < -0.4 is 9.46 Å². The van der Waals surface area contributed by atoms with E-state index in [2.05, 4.69) is 0 Å². The summed E-state index contributed by atoms with van der Waals surface area (Å²) in [5, 5.41) is 24.7. The van der Waals surface area contributed by atoms with E-state index in [-0.39, 0.29) is 28.2 Å². The van der Waals surface area contributed by atoms with E-state index in [0.29, 0.717) is 15.0 Å². The second-order valence-corrected chi connectivity index (χ2v) is 5.26. The lowest BCUT2D eigenvalue weighted by Crippen LogP contribution is -2.46. The highest BCUT2D eigenvalue weighted by atomic mass is 19.1. The molecule has 24 heavy (non-hydrogen) atoms. The number of para-hydroxylation sites is 2. The van der Waals surface area contributed by atoms with Gasteiger partial charge in [-0.3, -0.25) is 4.79 Å². The van der Waals surface area contributed by atoms with Crippen LogP contribution in [0, 0.1) is 23.2 Å². The second-order valence-electron chi connectivity index (χ2n) is 5.26. The van der Waals surface area contributed by atoms with Gasteiger partial charge in [0.05, 0.1) is 0 Å². The quantitative estimate of drug-likeness (QED) is 0.321. The lowest BCUT2D eigenvalue weighted by molar-refractivity contribution is -0.635. The van der Waals surface area contributed by atoms with Gasteiger partial charge in [-0.2, -0.15) is 9.46 Å². The number of halogens is 1. The average Bonchev–Trinajstić information content (AvgIpc) is 2.59. The third kappa shape index (κ3) is 2.69. The van der Waals surface area contributed by atoms with E-state index < -0.39 is 5.78 Å². The molecule has 6 heteroatoms. The smallest absolute Gasteiger partial charge is 0.333 e. The van der Waals surface area contributed by atoms with Crippen LogP contribution in [0.5, 0.6) is 0 Å². The normalized spacial score (nSPS) is 11.2. The summed E-state index contributed by atoms with van der Waals surface area (Å²) < 4.78 is 13.9. The molecular weight excluding hydrogens is 311 g/mol. The molecule has 0 atom stereocenters. The maximum Gasteiger partial charge on any atom is 0.333 e. The third-order valence-corrected chi connectivity index (χ3v) is 3.70. The summed E-state index contributed by atoms with van der Waals surface area (Å²) in [5.41, 5.74) is 0.718. The van der Waals surface area contributed by atoms with Gasteiger partial charge in [-0.05, 0) is 23.8 Å². The zero-order valence-electron chi connectivity index (χ0n) is 12.8. The fourth-order valence-electron chi connectivity index (χ4n) is 2.46. The van der Waals surface area contributed by atoms with Crippen LogP contribution in [0.25, 0.3) is 17.1 Å². The molecule has 0 amide bonds. The molecule has 5 nitrogen and oxygen atoms in total. The fraction of sp³-hybridized carbons (Fsp3) is 0.0556. The molecule has 0 spiro atoms. The highest BCUT2D eigenvalue weighted by Crippen LogP contribution is 2.11. The Bertz CT molecular complexity index is 966. The Hall–Kier alpha value is -3.28. The van der Waals surface area contributed by atoms with Crippen LogP contribution in [0.4, 0.5) is 4.39 Å². The van der Waals surface area contributed by atoms with Crippen LogP contribution in [0.2, 0.25) is 0 Å². The number of nitrogens with zero attached hydrogens (tertiary/aromatic N) is 2. The van der Waals surface area contributed by atoms with Crippen molar-refractivity contribution in [2.24, 2.45) is 0 Å². The van der Waals surface area contributed by atoms with E-state index in [9.17, 15) is 19.6 Å². The molecule has 0 aliphatic heterocycles. The number of rotatable bonds is 3. The number of allylic oxidation sites excluding steroid dienone is 1. The predicted octanol–water partition coefficient (Wildman–Crippen LogP) is 2.45. The molecule has 0 aliphatic carbocycles. The molecule has 0 radical (unpaired) electrons. The molecule has 3 aromatic rings. The highest BCUT2D eigenvalue weighted by Gasteiger charge is 2.28. The van der Waals surface area contributed by atoms with E-state index >= 15 is 0 Å². The van der Waals surface area contributed by atoms with Crippen LogP contribution in [0.15, 0.2) is 54.6 Å². The minimum atomic E-state index is -0.595. The first-order valence-corrected chi connectivity index (χ1v) is 7.21. The molecule has 0 N–H and O–H groups in total. The second kappa shape index (κ2) is 6.08. The number of aromatic nitrogens is 2. The standard InChI is InChI=1S/C18H13FN2O3/c1-12-18(17(22)11-8-13-6-9-14(19)10-7-13)21(24)16-5-3-2-4-15(16)20(12)23/h2-11H,1H3/b11-8-. The monoisotopic (exact) mass is 324 g/mol. The molecule has 3 rings (SSSR count). The Morgan fingerprint density at radius 3 is 2.21 bits per heavy atom. The van der Waals surface area contributed by atoms with Crippen LogP contribution in [-0.4, -0.2) is 5.78 Å². The van der Waals surface area contributed by atoms with Gasteiger partial charge >= 0.3 is 5.69 Å². The van der Waals surface area contributed by atoms with Crippen molar-refractivity contribution in [2.45, 2.75) is 6.92 Å². The van der Waals surface area contributed by atoms with Crippen molar-refractivity contribution in [3.63, 3.8) is 0 Å². The predicted molar refractivity (Wildman–Crippen MR) is 86.4 cm³/mol. The molecule has 0 aliphatic rings. The summed E-state index contributed by atoms with van der Waals surface area (Å²) in [5.74, 6) is -0.976. The summed E-state index contributed by atoms with van der Waals surface area (Å²) in [7, 11) is 0. The Kier molecular flexibility index (Phi) is 3.95. The van der Waals surface area contributed by atoms with Gasteiger partial charge in [-0.15, -0.1) is 0 Å². The maximum atomic E-state index is 12.9. The fourth-order valence-corrected chi connectivity index (χ4v) is 2.46. The molecule has 1 aromatic heterocycles. The van der Waals surface area contributed by atoms with E-state index in [1.54, 1.807) is 12.1 Å². The van der Waals surface area contributed by atoms with Crippen molar-refractivity contribution in [2.75, 3.05) is 0 Å². The highest BCUT2D eigenvalue weighted by molar-refractivity contribution is 6.05. The third-order valence-electron chi connectivity index (χ3n) is 3.70. The summed E-state index contributed by atoms with van der Waals surface area (Å²) in [6.45, 7) is 1.42. The molecule has 0 saturated carbocycles. The number of hydrogen-bond donors (Lipinski definition) is 0. The van der Waals surface area contributed by atoms with Gasteiger partial charge in [0, 0.05) is 19.1 Å². The minimum absolute atomic E-state index is 0.0254. The first kappa shape index (κ1) is 15.6. The lowest BCUT2D eigenvalue weighted by atomic mass is 10.1. The zero-order chi connectivity index (χ0) is 17.3. The first-order chi connectivity index (χ1) is 11.5. The topological polar surface area (TPSA) is 71.0 Å². The summed E-state index contributed by atoms with van der Waals surface area (Å²) >= 11 is 0. The molecule has 0 saturated heterocycles. The van der Waals surface area contributed by atoms with E-state index in [1.165, 1.54) is 55.5 Å². The molecular formula is C18H13FN2O3. The van der Waals surface area contributed by atoms with Crippen LogP contribution in [0.3, 0.4) is 0 Å². The summed E-state index contributed by atoms with van der Waals surface area (Å²) in [4.78, 5) is 12.4. The van der Waals surface area contributed by atoms with E-state index in [4.69, 9.17) is 0 Å². The van der Waals surface area contributed by atoms with Crippen LogP contribution in [0.1, 0.15) is 21.7 Å². The van der Waals surface area contributed by atoms with Crippen molar-refractivity contribution in [1.82, 2.24) is 0 Å². The molecule has 0 unspecified atom stereocenters. The van der Waals surface area contributed by atoms with Crippen molar-refractivity contribution in [3.05, 3.63) is 87.8 Å². The van der Waals surface area contributed by atoms with E-state index in [0.717, 1.165) is 0 Å². The average molecular weight is 324 g/mol. The molecule has 0 fully saturated rings. The summed E-state index contributed by atoms with van der Waals surface area (Å²) in [6, 6.07) is 11.8. The number of ketones is 1. The minimum Gasteiger partial charge on any atom is -0.618 e. The lowest BCUT2D eigenvalue weighted by Gasteiger charge is -2.09. The van der Waals surface area contributed by atoms with Crippen molar-refractivity contribution < 1.29 is 18.6 Å². The Morgan fingerprint density at radius 2 is 1.58 bits per heavy atom. The van der Waals surface area contributed by atoms with Gasteiger partial charge < -0.3 is 10.4 Å². The van der Waals surface area contributed by atoms with Gasteiger partial charge in [0.2, 0.25) is 0 Å². The Morgan fingerprint density at radius 1 is 1.00 bits per heavy atom. The molecule has 0 bridgehead atoms. The van der Waals surface area contributed by atoms with Crippen LogP contribution >= 0.6 is 0 Å². The van der Waals surface area contributed by atoms with E-state index in [1.807, 2.05) is 0 Å². The summed E-state index contributed by atoms with van der Waals surface area (Å²) in [6.07, 6.45) is 2.66. The molecule has 2 aromatic carbocycles. The first-order valence-electron chi connectivity index (χ1n) is 7.21. The van der Waals surface area contributed by atoms with Gasteiger partial charge in [-0.25, -0.2) is 4.39 Å². The number of carbonyl (C=O) groups is 1. The van der Waals surface area contributed by atoms with Crippen molar-refractivity contribution in [1.29, 1.82) is 0 Å². The number of fused-ring (bicyclic) bond motifs is 1. The van der Waals surface area contributed by atoms with Gasteiger partial charge in [-0.1, -0.05) is 30.3 Å². The maximum absolute atomic E-state index is 12.9. The Labute approximate surface area is 137 Å². The molecule has 1 heterocycles. The van der Waals surface area contributed by atoms with Crippen molar-refractivity contribution >= 4 is 22.9 Å². The van der Waals surface area contributed by atoms with Gasteiger partial charge in [0.1, 0.15) is 5.82 Å². The van der Waals surface area contributed by atoms with Gasteiger partial charge in [0.15, 0.2) is 0 Å². The number of carbonyl (C=O) groups excluding carboxylic acids is 1. The number of hydrogen-bond acceptors (Lipinski definition) is 3. The largest absolute Gasteiger partial charge is 0.618 e.